The highest BCUT2D eigenvalue weighted by Gasteiger charge is 2.26. The molecular formula is C32H28ClN5O4S2. The Morgan fingerprint density at radius 2 is 1.77 bits per heavy atom. The number of aromatic nitrogens is 4. The van der Waals surface area contributed by atoms with E-state index in [1.807, 2.05) is 51.1 Å². The Kier molecular flexibility index (Phi) is 7.64. The summed E-state index contributed by atoms with van der Waals surface area (Å²) in [5.74, 6) is 0.676. The second kappa shape index (κ2) is 11.3. The van der Waals surface area contributed by atoms with Crippen LogP contribution in [0.3, 0.4) is 0 Å². The maximum Gasteiger partial charge on any atom is 0.273 e. The molecule has 0 bridgehead atoms. The number of thiophene rings is 1. The molecule has 44 heavy (non-hydrogen) atoms. The lowest BCUT2D eigenvalue weighted by atomic mass is 10.0. The highest BCUT2D eigenvalue weighted by molar-refractivity contribution is 7.94. The van der Waals surface area contributed by atoms with Crippen molar-refractivity contribution in [1.82, 2.24) is 19.7 Å². The fourth-order valence-electron chi connectivity index (χ4n) is 5.17. The summed E-state index contributed by atoms with van der Waals surface area (Å²) in [5, 5.41) is 5.06. The normalized spacial score (nSPS) is 11.8. The molecule has 224 valence electrons. The third kappa shape index (κ3) is 5.42. The minimum Gasteiger partial charge on any atom is -0.359 e. The van der Waals surface area contributed by atoms with Crippen molar-refractivity contribution in [2.45, 2.75) is 45.4 Å². The minimum absolute atomic E-state index is 0.119. The van der Waals surface area contributed by atoms with Gasteiger partial charge in [-0.05, 0) is 76.6 Å². The second-order valence-corrected chi connectivity index (χ2v) is 14.2. The van der Waals surface area contributed by atoms with Gasteiger partial charge in [-0.1, -0.05) is 35.0 Å². The lowest BCUT2D eigenvalue weighted by Crippen LogP contribution is -2.23. The summed E-state index contributed by atoms with van der Waals surface area (Å²) in [6, 6.07) is 16.4. The molecule has 0 aliphatic carbocycles. The first kappa shape index (κ1) is 29.7. The van der Waals surface area contributed by atoms with Crippen LogP contribution in [0, 0.1) is 34.6 Å². The van der Waals surface area contributed by atoms with Gasteiger partial charge in [0.1, 0.15) is 9.97 Å². The zero-order valence-corrected chi connectivity index (χ0v) is 27.0. The number of anilines is 1. The number of hydrogen-bond donors (Lipinski definition) is 1. The third-order valence-electron chi connectivity index (χ3n) is 7.47. The molecule has 0 aliphatic rings. The summed E-state index contributed by atoms with van der Waals surface area (Å²) in [6.45, 7) is 9.35. The van der Waals surface area contributed by atoms with Crippen LogP contribution in [-0.4, -0.2) is 28.1 Å². The van der Waals surface area contributed by atoms with Gasteiger partial charge in [0.15, 0.2) is 5.82 Å². The van der Waals surface area contributed by atoms with Gasteiger partial charge >= 0.3 is 0 Å². The Balaban J connectivity index is 1.42. The van der Waals surface area contributed by atoms with E-state index in [1.54, 1.807) is 48.9 Å². The van der Waals surface area contributed by atoms with E-state index >= 15 is 0 Å². The first-order chi connectivity index (χ1) is 20.9. The molecule has 12 heteroatoms. The highest BCUT2D eigenvalue weighted by atomic mass is 35.5. The molecule has 0 saturated heterocycles. The average Bonchev–Trinajstić information content (AvgIpc) is 3.52. The molecule has 0 fully saturated rings. The van der Waals surface area contributed by atoms with Crippen LogP contribution >= 0.6 is 22.9 Å². The van der Waals surface area contributed by atoms with Gasteiger partial charge in [0.2, 0.25) is 0 Å². The number of halogens is 1. The number of nitrogens with zero attached hydrogens (tertiary/aromatic N) is 4. The number of sulfonamides is 1. The van der Waals surface area contributed by atoms with Crippen LogP contribution in [0.1, 0.15) is 33.2 Å². The van der Waals surface area contributed by atoms with Crippen LogP contribution in [0.4, 0.5) is 5.82 Å². The minimum atomic E-state index is -4.00. The molecule has 6 aromatic rings. The first-order valence-corrected chi connectivity index (χ1v) is 16.4. The van der Waals surface area contributed by atoms with Gasteiger partial charge in [-0.2, -0.15) is 0 Å². The van der Waals surface area contributed by atoms with Crippen molar-refractivity contribution in [3.63, 3.8) is 0 Å². The first-order valence-electron chi connectivity index (χ1n) is 13.7. The van der Waals surface area contributed by atoms with Gasteiger partial charge < -0.3 is 9.09 Å². The summed E-state index contributed by atoms with van der Waals surface area (Å²) in [7, 11) is -4.00. The van der Waals surface area contributed by atoms with Crippen LogP contribution in [0.2, 0.25) is 5.02 Å². The molecule has 0 radical (unpaired) electrons. The maximum atomic E-state index is 13.9. The predicted molar refractivity (Wildman–Crippen MR) is 174 cm³/mol. The monoisotopic (exact) mass is 645 g/mol. The van der Waals surface area contributed by atoms with Gasteiger partial charge in [-0.25, -0.2) is 8.42 Å². The van der Waals surface area contributed by atoms with Crippen LogP contribution in [0.25, 0.3) is 33.3 Å². The molecule has 9 nitrogen and oxygen atoms in total. The summed E-state index contributed by atoms with van der Waals surface area (Å²) >= 11 is 7.98. The SMILES string of the molecule is Cc1cc2c(cc(-c3ccccn3)c(=O)n2Cc2ccc(-c3cc(C)sc3S(=O)(=O)Nc3noc(C)c3C)c(Cl)c2)c(C)n1. The van der Waals surface area contributed by atoms with E-state index in [1.165, 1.54) is 0 Å². The van der Waals surface area contributed by atoms with Gasteiger partial charge in [0.25, 0.3) is 15.6 Å². The van der Waals surface area contributed by atoms with Crippen LogP contribution < -0.4 is 10.3 Å². The van der Waals surface area contributed by atoms with Crippen molar-refractivity contribution >= 4 is 49.7 Å². The molecule has 1 N–H and O–H groups in total. The number of aryl methyl sites for hydroxylation is 4. The summed E-state index contributed by atoms with van der Waals surface area (Å²) in [6.07, 6.45) is 1.66. The van der Waals surface area contributed by atoms with E-state index in [-0.39, 0.29) is 22.1 Å². The number of benzene rings is 1. The van der Waals surface area contributed by atoms with Crippen LogP contribution in [0.15, 0.2) is 74.3 Å². The van der Waals surface area contributed by atoms with Crippen LogP contribution in [0.5, 0.6) is 0 Å². The van der Waals surface area contributed by atoms with Crippen LogP contribution in [-0.2, 0) is 16.6 Å². The largest absolute Gasteiger partial charge is 0.359 e. The highest BCUT2D eigenvalue weighted by Crippen LogP contribution is 2.40. The smallest absolute Gasteiger partial charge is 0.273 e. The maximum absolute atomic E-state index is 13.9. The van der Waals surface area contributed by atoms with Gasteiger partial charge in [0, 0.05) is 49.6 Å². The summed E-state index contributed by atoms with van der Waals surface area (Å²) in [4.78, 5) is 23.7. The van der Waals surface area contributed by atoms with Crippen molar-refractivity contribution in [1.29, 1.82) is 0 Å². The van der Waals surface area contributed by atoms with E-state index in [4.69, 9.17) is 16.1 Å². The molecule has 5 aromatic heterocycles. The van der Waals surface area contributed by atoms with Gasteiger partial charge in [0.05, 0.1) is 23.3 Å². The molecule has 0 spiro atoms. The van der Waals surface area contributed by atoms with Gasteiger partial charge in [-0.3, -0.25) is 19.5 Å². The molecule has 0 amide bonds. The fraction of sp³-hybridized carbons (Fsp3) is 0.188. The molecular weight excluding hydrogens is 618 g/mol. The molecule has 0 aliphatic heterocycles. The topological polar surface area (TPSA) is 120 Å². The van der Waals surface area contributed by atoms with E-state index in [0.717, 1.165) is 44.1 Å². The summed E-state index contributed by atoms with van der Waals surface area (Å²) in [5.41, 5.74) is 5.65. The third-order valence-corrected chi connectivity index (χ3v) is 10.7. The standard InChI is InChI=1S/C32H28ClN5O4S2/c1-17-12-29-24(20(4)35-17)15-26(28-8-6-7-11-34-28)31(39)38(29)16-22-9-10-23(27(33)14-22)25-13-18(2)43-32(25)44(40,41)37-30-19(3)21(5)42-36-30/h6-15H,16H2,1-5H3,(H,36,37). The number of pyridine rings is 3. The average molecular weight is 646 g/mol. The Hall–Kier alpha value is -4.32. The molecule has 0 unspecified atom stereocenters. The molecule has 1 aromatic carbocycles. The molecule has 5 heterocycles. The van der Waals surface area contributed by atoms with E-state index in [0.29, 0.717) is 38.7 Å². The van der Waals surface area contributed by atoms with E-state index in [9.17, 15) is 13.2 Å². The second-order valence-electron chi connectivity index (χ2n) is 10.6. The predicted octanol–water partition coefficient (Wildman–Crippen LogP) is 7.22. The van der Waals surface area contributed by atoms with Crippen molar-refractivity contribution in [2.24, 2.45) is 0 Å². The Morgan fingerprint density at radius 3 is 2.45 bits per heavy atom. The van der Waals surface area contributed by atoms with E-state index < -0.39 is 10.0 Å². The summed E-state index contributed by atoms with van der Waals surface area (Å²) < 4.78 is 36.5. The van der Waals surface area contributed by atoms with Crippen molar-refractivity contribution < 1.29 is 12.9 Å². The molecule has 6 rings (SSSR count). The zero-order chi connectivity index (χ0) is 31.3. The quantitative estimate of drug-likeness (QED) is 0.195. The Bertz CT molecular complexity index is 2240. The molecule has 0 saturated carbocycles. The number of nitrogens with one attached hydrogen (secondary N) is 1. The van der Waals surface area contributed by atoms with Crippen molar-refractivity contribution in [3.05, 3.63) is 109 Å². The lowest BCUT2D eigenvalue weighted by Gasteiger charge is -2.16. The Labute approximate surface area is 263 Å². The number of rotatable bonds is 7. The number of hydrogen-bond acceptors (Lipinski definition) is 8. The van der Waals surface area contributed by atoms with Gasteiger partial charge in [-0.15, -0.1) is 11.3 Å². The Morgan fingerprint density at radius 1 is 0.977 bits per heavy atom. The molecule has 0 atom stereocenters. The van der Waals surface area contributed by atoms with Crippen molar-refractivity contribution in [3.8, 4) is 22.4 Å². The number of fused-ring (bicyclic) bond motifs is 1. The lowest BCUT2D eigenvalue weighted by molar-refractivity contribution is 0.399. The zero-order valence-electron chi connectivity index (χ0n) is 24.6. The van der Waals surface area contributed by atoms with Crippen molar-refractivity contribution in [2.75, 3.05) is 4.72 Å². The van der Waals surface area contributed by atoms with E-state index in [2.05, 4.69) is 19.8 Å². The fourth-order valence-corrected chi connectivity index (χ4v) is 8.17.